The minimum absolute atomic E-state index is 0.0150. The maximum absolute atomic E-state index is 12.6. The third-order valence-corrected chi connectivity index (χ3v) is 9.81. The SMILES string of the molecule is CC/C=C\C/C=C\C/C=C\CCCCCCCC(=O)OC[C@H](COP(=O)(O)OCCN)OC(=O)CCC/C=C\C[C@H]1C=CC(=O)[C@@H]1/C=C/[C@@H](O)CCCCC. The van der Waals surface area contributed by atoms with Crippen molar-refractivity contribution in [3.8, 4) is 0 Å². The van der Waals surface area contributed by atoms with Crippen LogP contribution < -0.4 is 5.73 Å². The molecule has 55 heavy (non-hydrogen) atoms. The van der Waals surface area contributed by atoms with Crippen LogP contribution in [0.25, 0.3) is 0 Å². The summed E-state index contributed by atoms with van der Waals surface area (Å²) in [4.78, 5) is 47.3. The van der Waals surface area contributed by atoms with E-state index in [0.29, 0.717) is 32.1 Å². The quantitative estimate of drug-likeness (QED) is 0.0246. The Morgan fingerprint density at radius 1 is 0.836 bits per heavy atom. The molecule has 0 amide bonds. The Bertz CT molecular complexity index is 1270. The number of rotatable bonds is 34. The Hall–Kier alpha value is -2.92. The molecule has 0 aromatic carbocycles. The Morgan fingerprint density at radius 2 is 1.51 bits per heavy atom. The monoisotopic (exact) mass is 791 g/mol. The summed E-state index contributed by atoms with van der Waals surface area (Å²) in [6.45, 7) is 3.24. The Kier molecular flexibility index (Phi) is 30.3. The fourth-order valence-corrected chi connectivity index (χ4v) is 6.46. The second-order valence-corrected chi connectivity index (χ2v) is 15.2. The van der Waals surface area contributed by atoms with Crippen molar-refractivity contribution in [2.75, 3.05) is 26.4 Å². The van der Waals surface area contributed by atoms with E-state index >= 15 is 0 Å². The van der Waals surface area contributed by atoms with E-state index in [4.69, 9.17) is 24.3 Å². The zero-order valence-corrected chi connectivity index (χ0v) is 34.4. The molecule has 1 rings (SSSR count). The molecule has 0 spiro atoms. The van der Waals surface area contributed by atoms with Gasteiger partial charge in [0.1, 0.15) is 6.61 Å². The number of unbranched alkanes of at least 4 members (excludes halogenated alkanes) is 8. The topological polar surface area (TPSA) is 172 Å². The van der Waals surface area contributed by atoms with E-state index in [-0.39, 0.29) is 50.2 Å². The number of ketones is 1. The first-order valence-corrected chi connectivity index (χ1v) is 22.0. The van der Waals surface area contributed by atoms with Crippen LogP contribution in [0.1, 0.15) is 129 Å². The predicted octanol–water partition coefficient (Wildman–Crippen LogP) is 9.11. The number of aliphatic hydroxyl groups is 1. The minimum atomic E-state index is -4.44. The number of ether oxygens (including phenoxy) is 2. The third kappa shape index (κ3) is 28.2. The molecular weight excluding hydrogens is 721 g/mol. The molecular formula is C43H70NO10P. The van der Waals surface area contributed by atoms with Crippen LogP contribution in [0.5, 0.6) is 0 Å². The lowest BCUT2D eigenvalue weighted by Crippen LogP contribution is -2.29. The molecule has 0 radical (unpaired) electrons. The number of aliphatic hydroxyl groups excluding tert-OH is 1. The van der Waals surface area contributed by atoms with Gasteiger partial charge >= 0.3 is 19.8 Å². The number of esters is 2. The summed E-state index contributed by atoms with van der Waals surface area (Å²) >= 11 is 0. The zero-order valence-electron chi connectivity index (χ0n) is 33.5. The highest BCUT2D eigenvalue weighted by Crippen LogP contribution is 2.43. The largest absolute Gasteiger partial charge is 0.472 e. The number of hydrogen-bond acceptors (Lipinski definition) is 10. The van der Waals surface area contributed by atoms with Gasteiger partial charge in [-0.3, -0.25) is 23.4 Å². The van der Waals surface area contributed by atoms with E-state index in [0.717, 1.165) is 70.6 Å². The van der Waals surface area contributed by atoms with E-state index < -0.39 is 38.6 Å². The van der Waals surface area contributed by atoms with Gasteiger partial charge in [0.25, 0.3) is 0 Å². The molecule has 11 nitrogen and oxygen atoms in total. The van der Waals surface area contributed by atoms with Crippen molar-refractivity contribution in [2.24, 2.45) is 17.6 Å². The maximum Gasteiger partial charge on any atom is 0.472 e. The lowest BCUT2D eigenvalue weighted by Gasteiger charge is -2.19. The van der Waals surface area contributed by atoms with Crippen molar-refractivity contribution in [1.82, 2.24) is 0 Å². The van der Waals surface area contributed by atoms with Gasteiger partial charge in [-0.05, 0) is 76.2 Å². The van der Waals surface area contributed by atoms with Crippen LogP contribution in [0.4, 0.5) is 0 Å². The molecule has 1 aliphatic carbocycles. The molecule has 0 fully saturated rings. The highest BCUT2D eigenvalue weighted by atomic mass is 31.2. The van der Waals surface area contributed by atoms with Gasteiger partial charge in [0, 0.05) is 25.3 Å². The highest BCUT2D eigenvalue weighted by molar-refractivity contribution is 7.47. The number of carbonyl (C=O) groups is 3. The van der Waals surface area contributed by atoms with Crippen molar-refractivity contribution < 1.29 is 47.5 Å². The van der Waals surface area contributed by atoms with Gasteiger partial charge < -0.3 is 25.2 Å². The van der Waals surface area contributed by atoms with Crippen molar-refractivity contribution in [3.63, 3.8) is 0 Å². The minimum Gasteiger partial charge on any atom is -0.462 e. The van der Waals surface area contributed by atoms with Crippen molar-refractivity contribution in [2.45, 2.75) is 142 Å². The standard InChI is InChI=1S/C43H70NO10P/c1-3-5-7-8-9-10-11-12-13-14-15-16-17-18-23-27-42(47)51-35-39(36-53-55(49,50)52-34-33-44)54-43(48)28-24-20-19-22-25-37-29-32-41(46)40(37)31-30-38(45)26-21-6-4-2/h5,7,9-10,12-13,19,22,29-32,37-40,45H,3-4,6,8,11,14-18,20-21,23-28,33-36,44H2,1-2H3,(H,49,50)/b7-5-,10-9-,13-12-,22-19-,31-30+/t37-,38-,39+,40+/m0/s1. The fraction of sp³-hybridized carbons (Fsp3) is 0.651. The van der Waals surface area contributed by atoms with Crippen molar-refractivity contribution in [3.05, 3.63) is 72.9 Å². The smallest absolute Gasteiger partial charge is 0.462 e. The molecule has 312 valence electrons. The van der Waals surface area contributed by atoms with E-state index in [1.54, 1.807) is 12.2 Å². The Balaban J connectivity index is 2.42. The number of allylic oxidation sites excluding steroid dienone is 11. The number of phosphoric acid groups is 1. The van der Waals surface area contributed by atoms with E-state index in [2.05, 4.69) is 50.3 Å². The first-order chi connectivity index (χ1) is 26.6. The van der Waals surface area contributed by atoms with Crippen LogP contribution in [0.15, 0.2) is 72.9 Å². The van der Waals surface area contributed by atoms with Gasteiger partial charge in [0.05, 0.1) is 19.3 Å². The van der Waals surface area contributed by atoms with Crippen molar-refractivity contribution >= 4 is 25.5 Å². The predicted molar refractivity (Wildman–Crippen MR) is 219 cm³/mol. The second kappa shape index (κ2) is 33.2. The first-order valence-electron chi connectivity index (χ1n) is 20.5. The number of hydrogen-bond donors (Lipinski definition) is 3. The van der Waals surface area contributed by atoms with Gasteiger partial charge in [0.15, 0.2) is 11.9 Å². The molecule has 12 heteroatoms. The van der Waals surface area contributed by atoms with Crippen LogP contribution in [0, 0.1) is 11.8 Å². The van der Waals surface area contributed by atoms with Gasteiger partial charge in [-0.1, -0.05) is 119 Å². The molecule has 0 saturated carbocycles. The van der Waals surface area contributed by atoms with Crippen LogP contribution in [-0.4, -0.2) is 66.3 Å². The average molecular weight is 792 g/mol. The number of carbonyl (C=O) groups excluding carboxylic acids is 3. The summed E-state index contributed by atoms with van der Waals surface area (Å²) in [5.41, 5.74) is 5.33. The van der Waals surface area contributed by atoms with Crippen molar-refractivity contribution in [1.29, 1.82) is 0 Å². The highest BCUT2D eigenvalue weighted by Gasteiger charge is 2.27. The molecule has 0 aliphatic heterocycles. The van der Waals surface area contributed by atoms with Gasteiger partial charge in [-0.2, -0.15) is 0 Å². The lowest BCUT2D eigenvalue weighted by molar-refractivity contribution is -0.161. The molecule has 4 N–H and O–H groups in total. The van der Waals surface area contributed by atoms with Gasteiger partial charge in [-0.25, -0.2) is 4.57 Å². The maximum atomic E-state index is 12.6. The molecule has 1 aliphatic rings. The number of phosphoric ester groups is 1. The molecule has 0 saturated heterocycles. The molecule has 5 atom stereocenters. The summed E-state index contributed by atoms with van der Waals surface area (Å²) < 4.78 is 32.7. The first kappa shape index (κ1) is 50.1. The summed E-state index contributed by atoms with van der Waals surface area (Å²) in [7, 11) is -4.44. The summed E-state index contributed by atoms with van der Waals surface area (Å²) in [5, 5.41) is 10.2. The third-order valence-electron chi connectivity index (χ3n) is 8.82. The average Bonchev–Trinajstić information content (AvgIpc) is 3.52. The lowest BCUT2D eigenvalue weighted by atomic mass is 9.90. The Labute approximate surface area is 330 Å². The van der Waals surface area contributed by atoms with Gasteiger partial charge in [0.2, 0.25) is 0 Å². The summed E-state index contributed by atoms with van der Waals surface area (Å²) in [6, 6.07) is 0. The molecule has 0 aromatic rings. The number of nitrogens with two attached hydrogens (primary N) is 1. The van der Waals surface area contributed by atoms with Crippen LogP contribution >= 0.6 is 7.82 Å². The van der Waals surface area contributed by atoms with E-state index in [1.807, 2.05) is 24.3 Å². The molecule has 0 aromatic heterocycles. The molecule has 0 heterocycles. The summed E-state index contributed by atoms with van der Waals surface area (Å²) in [6.07, 6.45) is 37.1. The van der Waals surface area contributed by atoms with Crippen LogP contribution in [0.3, 0.4) is 0 Å². The summed E-state index contributed by atoms with van der Waals surface area (Å²) in [5.74, 6) is -1.25. The van der Waals surface area contributed by atoms with Crippen LogP contribution in [-0.2, 0) is 37.5 Å². The fourth-order valence-electron chi connectivity index (χ4n) is 5.70. The second-order valence-electron chi connectivity index (χ2n) is 13.8. The molecule has 1 unspecified atom stereocenters. The van der Waals surface area contributed by atoms with Gasteiger partial charge in [-0.15, -0.1) is 0 Å². The van der Waals surface area contributed by atoms with Crippen LogP contribution in [0.2, 0.25) is 0 Å². The normalized spacial score (nSPS) is 18.4. The molecule has 0 bridgehead atoms. The van der Waals surface area contributed by atoms with E-state index in [1.165, 1.54) is 0 Å². The zero-order chi connectivity index (χ0) is 40.4. The van der Waals surface area contributed by atoms with E-state index in [9.17, 15) is 28.9 Å². The Morgan fingerprint density at radius 3 is 2.25 bits per heavy atom.